The fourth-order valence-corrected chi connectivity index (χ4v) is 2.09. The summed E-state index contributed by atoms with van der Waals surface area (Å²) < 4.78 is 10.5. The van der Waals surface area contributed by atoms with Gasteiger partial charge in [0.05, 0.1) is 25.9 Å². The van der Waals surface area contributed by atoms with E-state index >= 15 is 0 Å². The molecule has 0 aliphatic heterocycles. The molecule has 21 heavy (non-hydrogen) atoms. The van der Waals surface area contributed by atoms with E-state index in [-0.39, 0.29) is 0 Å². The first-order valence-corrected chi connectivity index (χ1v) is 6.59. The Balaban J connectivity index is 2.48. The van der Waals surface area contributed by atoms with E-state index in [2.05, 4.69) is 6.07 Å². The Morgan fingerprint density at radius 1 is 1.05 bits per heavy atom. The summed E-state index contributed by atoms with van der Waals surface area (Å²) in [6.45, 7) is 2.02. The minimum absolute atomic E-state index is 0.588. The second-order valence-corrected chi connectivity index (χ2v) is 4.60. The number of nitrogens with zero attached hydrogens (tertiary/aromatic N) is 1. The minimum Gasteiger partial charge on any atom is -0.493 e. The molecule has 3 nitrogen and oxygen atoms in total. The summed E-state index contributed by atoms with van der Waals surface area (Å²) in [5, 5.41) is 9.43. The van der Waals surface area contributed by atoms with Crippen molar-refractivity contribution < 1.29 is 9.47 Å². The Morgan fingerprint density at radius 3 is 2.38 bits per heavy atom. The molecular formula is C18H17NO2. The maximum atomic E-state index is 9.43. The topological polar surface area (TPSA) is 42.2 Å². The standard InChI is InChI=1S/C18H17NO2/c1-13-6-4-5-7-14(13)10-16(12-19)15-8-9-17(20-2)18(11-15)21-3/h4-11H,1-3H3/b16-10+. The first kappa shape index (κ1) is 14.7. The van der Waals surface area contributed by atoms with Gasteiger partial charge in [-0.05, 0) is 47.9 Å². The molecule has 0 radical (unpaired) electrons. The van der Waals surface area contributed by atoms with Crippen LogP contribution in [0.4, 0.5) is 0 Å². The van der Waals surface area contributed by atoms with E-state index in [1.54, 1.807) is 20.3 Å². The molecule has 0 N–H and O–H groups in total. The summed E-state index contributed by atoms with van der Waals surface area (Å²) >= 11 is 0. The monoisotopic (exact) mass is 279 g/mol. The smallest absolute Gasteiger partial charge is 0.161 e. The summed E-state index contributed by atoms with van der Waals surface area (Å²) in [5.41, 5.74) is 3.55. The van der Waals surface area contributed by atoms with Crippen LogP contribution in [0.5, 0.6) is 11.5 Å². The Bertz CT molecular complexity index is 711. The van der Waals surface area contributed by atoms with Crippen LogP contribution in [-0.2, 0) is 0 Å². The van der Waals surface area contributed by atoms with Crippen LogP contribution in [-0.4, -0.2) is 14.2 Å². The average Bonchev–Trinajstić information content (AvgIpc) is 2.53. The van der Waals surface area contributed by atoms with Gasteiger partial charge in [0, 0.05) is 0 Å². The Labute approximate surface area is 125 Å². The average molecular weight is 279 g/mol. The van der Waals surface area contributed by atoms with Crippen LogP contribution in [0.15, 0.2) is 42.5 Å². The molecule has 0 bridgehead atoms. The van der Waals surface area contributed by atoms with Crippen molar-refractivity contribution in [3.8, 4) is 17.6 Å². The molecule has 0 spiro atoms. The minimum atomic E-state index is 0.588. The zero-order valence-electron chi connectivity index (χ0n) is 12.4. The highest BCUT2D eigenvalue weighted by atomic mass is 16.5. The predicted octanol–water partition coefficient (Wildman–Crippen LogP) is 4.08. The molecule has 106 valence electrons. The molecule has 0 heterocycles. The number of ether oxygens (including phenoxy) is 2. The Kier molecular flexibility index (Phi) is 4.63. The normalized spacial score (nSPS) is 10.9. The third-order valence-electron chi connectivity index (χ3n) is 3.30. The van der Waals surface area contributed by atoms with Crippen LogP contribution >= 0.6 is 0 Å². The van der Waals surface area contributed by atoms with Crippen LogP contribution in [0, 0.1) is 18.3 Å². The van der Waals surface area contributed by atoms with Gasteiger partial charge in [-0.1, -0.05) is 24.3 Å². The van der Waals surface area contributed by atoms with Crippen molar-refractivity contribution in [2.24, 2.45) is 0 Å². The molecule has 0 aliphatic carbocycles. The number of allylic oxidation sites excluding steroid dienone is 1. The van der Waals surface area contributed by atoms with Gasteiger partial charge in [0.1, 0.15) is 0 Å². The van der Waals surface area contributed by atoms with Gasteiger partial charge in [0.2, 0.25) is 0 Å². The fourth-order valence-electron chi connectivity index (χ4n) is 2.09. The summed E-state index contributed by atoms with van der Waals surface area (Å²) in [6.07, 6.45) is 1.89. The van der Waals surface area contributed by atoms with E-state index in [1.165, 1.54) is 0 Å². The maximum absolute atomic E-state index is 9.43. The molecule has 2 aromatic carbocycles. The van der Waals surface area contributed by atoms with E-state index in [0.717, 1.165) is 16.7 Å². The molecule has 0 saturated heterocycles. The van der Waals surface area contributed by atoms with Crippen molar-refractivity contribution in [3.63, 3.8) is 0 Å². The Morgan fingerprint density at radius 2 is 1.76 bits per heavy atom. The zero-order valence-corrected chi connectivity index (χ0v) is 12.4. The quantitative estimate of drug-likeness (QED) is 0.625. The molecule has 0 aromatic heterocycles. The van der Waals surface area contributed by atoms with Crippen molar-refractivity contribution in [2.75, 3.05) is 14.2 Å². The molecule has 3 heteroatoms. The number of methoxy groups -OCH3 is 2. The molecule has 0 saturated carbocycles. The molecule has 2 aromatic rings. The van der Waals surface area contributed by atoms with Gasteiger partial charge < -0.3 is 9.47 Å². The van der Waals surface area contributed by atoms with Gasteiger partial charge >= 0.3 is 0 Å². The number of hydrogen-bond acceptors (Lipinski definition) is 3. The first-order chi connectivity index (χ1) is 10.2. The number of nitriles is 1. The molecule has 0 atom stereocenters. The summed E-state index contributed by atoms with van der Waals surface area (Å²) in [5.74, 6) is 1.26. The lowest BCUT2D eigenvalue weighted by molar-refractivity contribution is 0.355. The SMILES string of the molecule is COc1ccc(/C(C#N)=C/c2ccccc2C)cc1OC. The first-order valence-electron chi connectivity index (χ1n) is 6.59. The molecule has 0 aliphatic rings. The van der Waals surface area contributed by atoms with Crippen molar-refractivity contribution in [1.29, 1.82) is 5.26 Å². The lowest BCUT2D eigenvalue weighted by atomic mass is 10.0. The van der Waals surface area contributed by atoms with Gasteiger partial charge in [0.15, 0.2) is 11.5 Å². The Hall–Kier alpha value is -2.73. The second-order valence-electron chi connectivity index (χ2n) is 4.60. The fraction of sp³-hybridized carbons (Fsp3) is 0.167. The van der Waals surface area contributed by atoms with Gasteiger partial charge in [0.25, 0.3) is 0 Å². The lowest BCUT2D eigenvalue weighted by Gasteiger charge is -2.09. The van der Waals surface area contributed by atoms with Crippen LogP contribution in [0.3, 0.4) is 0 Å². The predicted molar refractivity (Wildman–Crippen MR) is 84.2 cm³/mol. The van der Waals surface area contributed by atoms with E-state index in [4.69, 9.17) is 9.47 Å². The third-order valence-corrected chi connectivity index (χ3v) is 3.30. The summed E-state index contributed by atoms with van der Waals surface area (Å²) in [4.78, 5) is 0. The van der Waals surface area contributed by atoms with Crippen molar-refractivity contribution in [1.82, 2.24) is 0 Å². The molecule has 0 fully saturated rings. The van der Waals surface area contributed by atoms with Crippen LogP contribution < -0.4 is 9.47 Å². The lowest BCUT2D eigenvalue weighted by Crippen LogP contribution is -1.92. The maximum Gasteiger partial charge on any atom is 0.161 e. The molecule has 0 unspecified atom stereocenters. The van der Waals surface area contributed by atoms with Crippen molar-refractivity contribution in [3.05, 3.63) is 59.2 Å². The number of aryl methyl sites for hydroxylation is 1. The number of hydrogen-bond donors (Lipinski definition) is 0. The van der Waals surface area contributed by atoms with E-state index in [9.17, 15) is 5.26 Å². The highest BCUT2D eigenvalue weighted by Gasteiger charge is 2.08. The van der Waals surface area contributed by atoms with Gasteiger partial charge in [-0.15, -0.1) is 0 Å². The highest BCUT2D eigenvalue weighted by Crippen LogP contribution is 2.31. The largest absolute Gasteiger partial charge is 0.493 e. The molecule has 2 rings (SSSR count). The highest BCUT2D eigenvalue weighted by molar-refractivity contribution is 5.90. The third kappa shape index (κ3) is 3.24. The number of rotatable bonds is 4. The van der Waals surface area contributed by atoms with Gasteiger partial charge in [-0.25, -0.2) is 0 Å². The molecule has 0 amide bonds. The second kappa shape index (κ2) is 6.62. The number of benzene rings is 2. The van der Waals surface area contributed by atoms with Crippen molar-refractivity contribution >= 4 is 11.6 Å². The zero-order chi connectivity index (χ0) is 15.2. The van der Waals surface area contributed by atoms with Crippen LogP contribution in [0.25, 0.3) is 11.6 Å². The van der Waals surface area contributed by atoms with E-state index in [0.29, 0.717) is 17.1 Å². The summed E-state index contributed by atoms with van der Waals surface area (Å²) in [6, 6.07) is 15.7. The van der Waals surface area contributed by atoms with Crippen LogP contribution in [0.2, 0.25) is 0 Å². The van der Waals surface area contributed by atoms with E-state index < -0.39 is 0 Å². The molecular weight excluding hydrogens is 262 g/mol. The van der Waals surface area contributed by atoms with E-state index in [1.807, 2.05) is 49.4 Å². The van der Waals surface area contributed by atoms with Gasteiger partial charge in [-0.2, -0.15) is 5.26 Å². The van der Waals surface area contributed by atoms with Crippen LogP contribution in [0.1, 0.15) is 16.7 Å². The van der Waals surface area contributed by atoms with Crippen molar-refractivity contribution in [2.45, 2.75) is 6.92 Å². The summed E-state index contributed by atoms with van der Waals surface area (Å²) in [7, 11) is 3.17. The van der Waals surface area contributed by atoms with Gasteiger partial charge in [-0.3, -0.25) is 0 Å².